The minimum atomic E-state index is -0.122. The molecule has 1 aromatic heterocycles. The number of carbonyl (C=O) groups excluding carboxylic acids is 1. The van der Waals surface area contributed by atoms with Gasteiger partial charge in [0.15, 0.2) is 0 Å². The van der Waals surface area contributed by atoms with Gasteiger partial charge in [0.05, 0.1) is 5.02 Å². The number of aromatic amines is 1. The number of rotatable bonds is 5. The third-order valence-corrected chi connectivity index (χ3v) is 2.58. The maximum Gasteiger partial charge on any atom is 0.267 e. The smallest absolute Gasteiger partial charge is 0.267 e. The molecule has 0 radical (unpaired) electrons. The van der Waals surface area contributed by atoms with Gasteiger partial charge in [-0.1, -0.05) is 25.4 Å². The molecule has 2 N–H and O–H groups in total. The van der Waals surface area contributed by atoms with Crippen molar-refractivity contribution in [3.8, 4) is 0 Å². The summed E-state index contributed by atoms with van der Waals surface area (Å²) in [6.07, 6.45) is 1.60. The van der Waals surface area contributed by atoms with Gasteiger partial charge in [-0.2, -0.15) is 0 Å². The van der Waals surface area contributed by atoms with E-state index in [-0.39, 0.29) is 11.3 Å². The number of hydrogen-bond donors (Lipinski definition) is 2. The molecule has 0 aliphatic carbocycles. The maximum absolute atomic E-state index is 11.8. The third kappa shape index (κ3) is 4.79. The van der Waals surface area contributed by atoms with Crippen molar-refractivity contribution in [3.05, 3.63) is 23.0 Å². The molecule has 1 heterocycles. The number of halogens is 1. The van der Waals surface area contributed by atoms with Gasteiger partial charge in [-0.3, -0.25) is 4.79 Å². The van der Waals surface area contributed by atoms with Crippen molar-refractivity contribution in [3.63, 3.8) is 0 Å². The fraction of sp³-hybridized carbons (Fsp3) is 0.583. The lowest BCUT2D eigenvalue weighted by Crippen LogP contribution is -2.40. The van der Waals surface area contributed by atoms with E-state index in [4.69, 9.17) is 11.6 Å². The summed E-state index contributed by atoms with van der Waals surface area (Å²) in [6, 6.07) is 1.62. The second-order valence-electron chi connectivity index (χ2n) is 5.32. The minimum Gasteiger partial charge on any atom is -0.356 e. The Balaban J connectivity index is 2.48. The van der Waals surface area contributed by atoms with Crippen LogP contribution < -0.4 is 5.32 Å². The van der Waals surface area contributed by atoms with Crippen LogP contribution in [0.5, 0.6) is 0 Å². The monoisotopic (exact) mass is 257 g/mol. The molecule has 0 atom stereocenters. The first-order chi connectivity index (χ1) is 7.80. The van der Waals surface area contributed by atoms with Gasteiger partial charge < -0.3 is 15.2 Å². The number of hydrogen-bond acceptors (Lipinski definition) is 2. The largest absolute Gasteiger partial charge is 0.356 e. The highest BCUT2D eigenvalue weighted by Gasteiger charge is 2.20. The maximum atomic E-state index is 11.8. The van der Waals surface area contributed by atoms with Gasteiger partial charge in [0.25, 0.3) is 5.91 Å². The standard InChI is InChI=1S/C12H20ClN3O/c1-12(2,8-16(3)4)7-15-11(17)10-5-9(13)6-14-10/h5-6,14H,7-8H2,1-4H3,(H,15,17). The van der Waals surface area contributed by atoms with Crippen LogP contribution in [-0.2, 0) is 0 Å². The molecule has 0 aliphatic heterocycles. The van der Waals surface area contributed by atoms with E-state index in [0.717, 1.165) is 6.54 Å². The summed E-state index contributed by atoms with van der Waals surface area (Å²) in [7, 11) is 4.04. The molecule has 0 saturated carbocycles. The van der Waals surface area contributed by atoms with Crippen LogP contribution in [0.2, 0.25) is 5.02 Å². The quantitative estimate of drug-likeness (QED) is 0.848. The van der Waals surface area contributed by atoms with Gasteiger partial charge in [-0.05, 0) is 25.6 Å². The van der Waals surface area contributed by atoms with E-state index in [2.05, 4.69) is 29.0 Å². The van der Waals surface area contributed by atoms with E-state index < -0.39 is 0 Å². The van der Waals surface area contributed by atoms with Crippen LogP contribution in [-0.4, -0.2) is 43.0 Å². The zero-order valence-electron chi connectivity index (χ0n) is 10.8. The lowest BCUT2D eigenvalue weighted by molar-refractivity contribution is 0.0925. The molecule has 5 heteroatoms. The first-order valence-electron chi connectivity index (χ1n) is 5.57. The molecule has 96 valence electrons. The molecule has 0 bridgehead atoms. The van der Waals surface area contributed by atoms with E-state index in [1.807, 2.05) is 14.1 Å². The van der Waals surface area contributed by atoms with Gasteiger partial charge in [-0.25, -0.2) is 0 Å². The Hall–Kier alpha value is -1.00. The van der Waals surface area contributed by atoms with E-state index >= 15 is 0 Å². The number of carbonyl (C=O) groups is 1. The predicted octanol–water partition coefficient (Wildman–Crippen LogP) is 1.99. The Morgan fingerprint density at radius 1 is 1.53 bits per heavy atom. The van der Waals surface area contributed by atoms with Gasteiger partial charge in [0.1, 0.15) is 5.69 Å². The molecule has 1 amide bonds. The number of amides is 1. The summed E-state index contributed by atoms with van der Waals surface area (Å²) in [6.45, 7) is 5.78. The fourth-order valence-electron chi connectivity index (χ4n) is 1.83. The summed E-state index contributed by atoms with van der Waals surface area (Å²) in [5, 5.41) is 3.45. The molecule has 0 saturated heterocycles. The van der Waals surface area contributed by atoms with Crippen LogP contribution in [0, 0.1) is 5.41 Å². The lowest BCUT2D eigenvalue weighted by Gasteiger charge is -2.28. The SMILES string of the molecule is CN(C)CC(C)(C)CNC(=O)c1cc(Cl)c[nH]1. The highest BCUT2D eigenvalue weighted by Crippen LogP contribution is 2.15. The van der Waals surface area contributed by atoms with Crippen LogP contribution in [0.3, 0.4) is 0 Å². The zero-order valence-corrected chi connectivity index (χ0v) is 11.6. The Morgan fingerprint density at radius 2 is 2.18 bits per heavy atom. The van der Waals surface area contributed by atoms with E-state index in [1.54, 1.807) is 12.3 Å². The highest BCUT2D eigenvalue weighted by molar-refractivity contribution is 6.30. The third-order valence-electron chi connectivity index (χ3n) is 2.36. The van der Waals surface area contributed by atoms with Gasteiger partial charge in [-0.15, -0.1) is 0 Å². The average Bonchev–Trinajstić information content (AvgIpc) is 2.59. The highest BCUT2D eigenvalue weighted by atomic mass is 35.5. The van der Waals surface area contributed by atoms with Crippen molar-refractivity contribution in [2.45, 2.75) is 13.8 Å². The summed E-state index contributed by atoms with van der Waals surface area (Å²) in [5.74, 6) is -0.122. The lowest BCUT2D eigenvalue weighted by atomic mass is 9.93. The average molecular weight is 258 g/mol. The molecule has 1 rings (SSSR count). The van der Waals surface area contributed by atoms with Gasteiger partial charge in [0, 0.05) is 19.3 Å². The van der Waals surface area contributed by atoms with E-state index in [0.29, 0.717) is 17.3 Å². The summed E-state index contributed by atoms with van der Waals surface area (Å²) in [5.41, 5.74) is 0.533. The van der Waals surface area contributed by atoms with Gasteiger partial charge in [0.2, 0.25) is 0 Å². The van der Waals surface area contributed by atoms with Crippen molar-refractivity contribution in [1.29, 1.82) is 0 Å². The summed E-state index contributed by atoms with van der Waals surface area (Å²) < 4.78 is 0. The van der Waals surface area contributed by atoms with Crippen LogP contribution in [0.25, 0.3) is 0 Å². The number of nitrogens with one attached hydrogen (secondary N) is 2. The number of aromatic nitrogens is 1. The topological polar surface area (TPSA) is 48.1 Å². The molecule has 1 aromatic rings. The molecular formula is C12H20ClN3O. The van der Waals surface area contributed by atoms with E-state index in [9.17, 15) is 4.79 Å². The van der Waals surface area contributed by atoms with E-state index in [1.165, 1.54) is 0 Å². The van der Waals surface area contributed by atoms with Crippen LogP contribution in [0.4, 0.5) is 0 Å². The minimum absolute atomic E-state index is 0.0372. The van der Waals surface area contributed by atoms with Gasteiger partial charge >= 0.3 is 0 Å². The van der Waals surface area contributed by atoms with Crippen LogP contribution in [0.15, 0.2) is 12.3 Å². The molecular weight excluding hydrogens is 238 g/mol. The number of nitrogens with zero attached hydrogens (tertiary/aromatic N) is 1. The Kier molecular flexibility index (Phi) is 4.60. The van der Waals surface area contributed by atoms with Crippen LogP contribution in [0.1, 0.15) is 24.3 Å². The summed E-state index contributed by atoms with van der Waals surface area (Å²) >= 11 is 5.75. The van der Waals surface area contributed by atoms with Crippen molar-refractivity contribution in [1.82, 2.24) is 15.2 Å². The van der Waals surface area contributed by atoms with Crippen molar-refractivity contribution < 1.29 is 4.79 Å². The molecule has 17 heavy (non-hydrogen) atoms. The Morgan fingerprint density at radius 3 is 2.65 bits per heavy atom. The zero-order chi connectivity index (χ0) is 13.1. The molecule has 0 unspecified atom stereocenters. The second kappa shape index (κ2) is 5.56. The molecule has 4 nitrogen and oxygen atoms in total. The van der Waals surface area contributed by atoms with Crippen molar-refractivity contribution in [2.75, 3.05) is 27.2 Å². The summed E-state index contributed by atoms with van der Waals surface area (Å²) in [4.78, 5) is 16.7. The van der Waals surface area contributed by atoms with Crippen LogP contribution >= 0.6 is 11.6 Å². The Labute approximate surface area is 107 Å². The van der Waals surface area contributed by atoms with Crippen molar-refractivity contribution >= 4 is 17.5 Å². The molecule has 0 fully saturated rings. The normalized spacial score (nSPS) is 11.9. The van der Waals surface area contributed by atoms with Crippen molar-refractivity contribution in [2.24, 2.45) is 5.41 Å². The Bertz CT molecular complexity index is 385. The molecule has 0 spiro atoms. The predicted molar refractivity (Wildman–Crippen MR) is 70.5 cm³/mol. The first kappa shape index (κ1) is 14.1. The molecule has 0 aliphatic rings. The first-order valence-corrected chi connectivity index (χ1v) is 5.95. The number of H-pyrrole nitrogens is 1. The fourth-order valence-corrected chi connectivity index (χ4v) is 1.99. The molecule has 0 aromatic carbocycles. The second-order valence-corrected chi connectivity index (χ2v) is 5.75.